The van der Waals surface area contributed by atoms with Gasteiger partial charge in [0.2, 0.25) is 5.91 Å². The van der Waals surface area contributed by atoms with Crippen molar-refractivity contribution in [2.75, 3.05) is 23.9 Å². The van der Waals surface area contributed by atoms with Crippen LogP contribution in [0.5, 0.6) is 0 Å². The summed E-state index contributed by atoms with van der Waals surface area (Å²) < 4.78 is 22.2. The van der Waals surface area contributed by atoms with Crippen LogP contribution in [0.3, 0.4) is 0 Å². The summed E-state index contributed by atoms with van der Waals surface area (Å²) in [4.78, 5) is 13.6. The fourth-order valence-electron chi connectivity index (χ4n) is 2.06. The molecule has 1 unspecified atom stereocenters. The van der Waals surface area contributed by atoms with Crippen LogP contribution in [0.2, 0.25) is 0 Å². The number of hydrogen-bond donors (Lipinski definition) is 0. The second-order valence-corrected chi connectivity index (χ2v) is 7.22. The van der Waals surface area contributed by atoms with Crippen LogP contribution in [0.4, 0.5) is 0 Å². The predicted molar refractivity (Wildman–Crippen MR) is 67.5 cm³/mol. The third kappa shape index (κ3) is 4.41. The number of hydrogen-bond acceptors (Lipinski definition) is 3. The van der Waals surface area contributed by atoms with Gasteiger partial charge >= 0.3 is 0 Å². The molecule has 1 amide bonds. The van der Waals surface area contributed by atoms with E-state index < -0.39 is 9.84 Å². The number of amides is 1. The molecule has 0 aromatic carbocycles. The highest BCUT2D eigenvalue weighted by Crippen LogP contribution is 2.20. The van der Waals surface area contributed by atoms with Crippen molar-refractivity contribution in [1.82, 2.24) is 4.90 Å². The molecule has 0 aliphatic carbocycles. The van der Waals surface area contributed by atoms with Gasteiger partial charge in [-0.25, -0.2) is 8.42 Å². The Morgan fingerprint density at radius 3 is 2.69 bits per heavy atom. The Hall–Kier alpha value is -0.100. The number of carbonyl (C=O) groups is 1. The highest BCUT2D eigenvalue weighted by Gasteiger charge is 2.27. The Morgan fingerprint density at radius 1 is 1.44 bits per heavy atom. The number of sulfone groups is 1. The van der Waals surface area contributed by atoms with Gasteiger partial charge in [0.25, 0.3) is 0 Å². The molecule has 0 aromatic rings. The van der Waals surface area contributed by atoms with Crippen molar-refractivity contribution in [3.05, 3.63) is 0 Å². The minimum absolute atomic E-state index is 0.211. The van der Waals surface area contributed by atoms with E-state index in [4.69, 9.17) is 0 Å². The number of piperidine rings is 1. The third-order valence-electron chi connectivity index (χ3n) is 2.78. The van der Waals surface area contributed by atoms with E-state index in [-0.39, 0.29) is 17.7 Å². The Labute approximate surface area is 105 Å². The molecular formula is C10H18BrNO3S. The van der Waals surface area contributed by atoms with E-state index in [2.05, 4.69) is 15.9 Å². The normalized spacial score (nSPS) is 22.1. The smallest absolute Gasteiger partial charge is 0.238 e. The van der Waals surface area contributed by atoms with Crippen molar-refractivity contribution in [3.63, 3.8) is 0 Å². The van der Waals surface area contributed by atoms with Gasteiger partial charge in [-0.2, -0.15) is 0 Å². The van der Waals surface area contributed by atoms with Crippen LogP contribution >= 0.6 is 15.9 Å². The summed E-state index contributed by atoms with van der Waals surface area (Å²) in [5.41, 5.74) is 0. The lowest BCUT2D eigenvalue weighted by Gasteiger charge is -2.35. The van der Waals surface area contributed by atoms with Crippen molar-refractivity contribution in [2.24, 2.45) is 0 Å². The first-order valence-electron chi connectivity index (χ1n) is 5.47. The summed E-state index contributed by atoms with van der Waals surface area (Å²) in [5.74, 6) is -0.598. The summed E-state index contributed by atoms with van der Waals surface area (Å²) in [6.07, 6.45) is 5.10. The van der Waals surface area contributed by atoms with Gasteiger partial charge in [0, 0.05) is 24.2 Å². The van der Waals surface area contributed by atoms with Gasteiger partial charge in [-0.1, -0.05) is 15.9 Å². The lowest BCUT2D eigenvalue weighted by atomic mass is 10.0. The minimum Gasteiger partial charge on any atom is -0.339 e. The number of alkyl halides is 1. The quantitative estimate of drug-likeness (QED) is 0.733. The number of halogens is 1. The van der Waals surface area contributed by atoms with Gasteiger partial charge in [-0.15, -0.1) is 0 Å². The van der Waals surface area contributed by atoms with Crippen LogP contribution in [0.25, 0.3) is 0 Å². The second-order valence-electron chi connectivity index (χ2n) is 4.28. The summed E-state index contributed by atoms with van der Waals surface area (Å²) in [7, 11) is -3.21. The first-order valence-corrected chi connectivity index (χ1v) is 8.65. The van der Waals surface area contributed by atoms with Gasteiger partial charge in [-0.3, -0.25) is 4.79 Å². The largest absolute Gasteiger partial charge is 0.339 e. The molecule has 1 fully saturated rings. The molecule has 1 saturated heterocycles. The van der Waals surface area contributed by atoms with Crippen molar-refractivity contribution < 1.29 is 13.2 Å². The Balaban J connectivity index is 2.64. The molecule has 1 rings (SSSR count). The van der Waals surface area contributed by atoms with Crippen LogP contribution < -0.4 is 0 Å². The summed E-state index contributed by atoms with van der Waals surface area (Å²) >= 11 is 3.37. The number of rotatable bonds is 4. The predicted octanol–water partition coefficient (Wildman–Crippen LogP) is 1.20. The molecule has 1 heterocycles. The third-order valence-corrected chi connectivity index (χ3v) is 4.00. The average Bonchev–Trinajstić information content (AvgIpc) is 2.16. The molecule has 0 saturated carbocycles. The molecular weight excluding hydrogens is 294 g/mol. The molecule has 0 bridgehead atoms. The van der Waals surface area contributed by atoms with Gasteiger partial charge in [0.05, 0.1) is 0 Å². The summed E-state index contributed by atoms with van der Waals surface area (Å²) in [5, 5.41) is 0.848. The maximum absolute atomic E-state index is 11.8. The van der Waals surface area contributed by atoms with E-state index in [9.17, 15) is 13.2 Å². The first-order chi connectivity index (χ1) is 7.44. The first kappa shape index (κ1) is 14.0. The minimum atomic E-state index is -3.21. The standard InChI is InChI=1S/C10H18BrNO3S/c1-16(14,15)8-10(13)12-7-3-2-4-9(12)5-6-11/h9H,2-8H2,1H3. The molecule has 16 heavy (non-hydrogen) atoms. The second kappa shape index (κ2) is 6.00. The fourth-order valence-corrected chi connectivity index (χ4v) is 3.21. The van der Waals surface area contributed by atoms with Crippen molar-refractivity contribution in [1.29, 1.82) is 0 Å². The molecule has 94 valence electrons. The molecule has 1 atom stereocenters. The zero-order valence-electron chi connectivity index (χ0n) is 9.49. The lowest BCUT2D eigenvalue weighted by molar-refractivity contribution is -0.132. The van der Waals surface area contributed by atoms with Crippen LogP contribution in [-0.4, -0.2) is 49.2 Å². The zero-order chi connectivity index (χ0) is 12.2. The van der Waals surface area contributed by atoms with Crippen molar-refractivity contribution >= 4 is 31.7 Å². The number of nitrogens with zero attached hydrogens (tertiary/aromatic N) is 1. The maximum atomic E-state index is 11.8. The van der Waals surface area contributed by atoms with Gasteiger partial charge < -0.3 is 4.90 Å². The van der Waals surface area contributed by atoms with Gasteiger partial charge in [-0.05, 0) is 25.7 Å². The van der Waals surface area contributed by atoms with E-state index in [1.807, 2.05) is 0 Å². The molecule has 0 radical (unpaired) electrons. The van der Waals surface area contributed by atoms with Crippen molar-refractivity contribution in [3.8, 4) is 0 Å². The van der Waals surface area contributed by atoms with Gasteiger partial charge in [0.1, 0.15) is 5.75 Å². The van der Waals surface area contributed by atoms with E-state index in [1.165, 1.54) is 0 Å². The Morgan fingerprint density at radius 2 is 2.12 bits per heavy atom. The van der Waals surface area contributed by atoms with Gasteiger partial charge in [0.15, 0.2) is 9.84 Å². The number of carbonyl (C=O) groups excluding carboxylic acids is 1. The molecule has 0 spiro atoms. The Bertz CT molecular complexity index is 340. The van der Waals surface area contributed by atoms with Crippen LogP contribution in [0, 0.1) is 0 Å². The van der Waals surface area contributed by atoms with E-state index in [0.717, 1.165) is 37.3 Å². The average molecular weight is 312 g/mol. The monoisotopic (exact) mass is 311 g/mol. The van der Waals surface area contributed by atoms with E-state index >= 15 is 0 Å². The van der Waals surface area contributed by atoms with Crippen LogP contribution in [0.15, 0.2) is 0 Å². The fraction of sp³-hybridized carbons (Fsp3) is 0.900. The van der Waals surface area contributed by atoms with E-state index in [0.29, 0.717) is 6.54 Å². The molecule has 1 aliphatic heterocycles. The molecule has 0 N–H and O–H groups in total. The zero-order valence-corrected chi connectivity index (χ0v) is 11.9. The highest BCUT2D eigenvalue weighted by molar-refractivity contribution is 9.09. The lowest BCUT2D eigenvalue weighted by Crippen LogP contribution is -2.46. The van der Waals surface area contributed by atoms with Crippen LogP contribution in [0.1, 0.15) is 25.7 Å². The summed E-state index contributed by atoms with van der Waals surface area (Å²) in [6, 6.07) is 0.211. The molecule has 6 heteroatoms. The topological polar surface area (TPSA) is 54.5 Å². The molecule has 4 nitrogen and oxygen atoms in total. The highest BCUT2D eigenvalue weighted by atomic mass is 79.9. The summed E-state index contributed by atoms with van der Waals surface area (Å²) in [6.45, 7) is 0.700. The van der Waals surface area contributed by atoms with Crippen LogP contribution in [-0.2, 0) is 14.6 Å². The van der Waals surface area contributed by atoms with Crippen molar-refractivity contribution in [2.45, 2.75) is 31.7 Å². The maximum Gasteiger partial charge on any atom is 0.238 e. The molecule has 1 aliphatic rings. The Kier molecular flexibility index (Phi) is 5.24. The van der Waals surface area contributed by atoms with E-state index in [1.54, 1.807) is 4.90 Å². The number of likely N-dealkylation sites (tertiary alicyclic amines) is 1. The molecule has 0 aromatic heterocycles. The SMILES string of the molecule is CS(=O)(=O)CC(=O)N1CCCCC1CCBr.